The van der Waals surface area contributed by atoms with Gasteiger partial charge in [-0.2, -0.15) is 0 Å². The zero-order valence-corrected chi connectivity index (χ0v) is 14.7. The Bertz CT molecular complexity index is 804. The molecule has 1 aliphatic carbocycles. The van der Waals surface area contributed by atoms with Gasteiger partial charge in [-0.05, 0) is 37.1 Å². The molecule has 1 saturated carbocycles. The van der Waals surface area contributed by atoms with Gasteiger partial charge in [0, 0.05) is 42.4 Å². The number of rotatable bonds is 4. The molecule has 1 N–H and O–H groups in total. The standard InChI is InChI=1S/C21H23FN2O2/c22-19-7-2-1-4-16(19)13-23-21(25)15-8-9-20-17(12-15)14-24(10-11-26-20)18-5-3-6-18/h1-2,4,7-9,12,18H,3,5-6,10-11,13-14H2,(H,23,25). The van der Waals surface area contributed by atoms with Crippen LogP contribution in [0.15, 0.2) is 42.5 Å². The Morgan fingerprint density at radius 2 is 2.08 bits per heavy atom. The predicted molar refractivity (Wildman–Crippen MR) is 97.6 cm³/mol. The summed E-state index contributed by atoms with van der Waals surface area (Å²) in [5, 5.41) is 2.80. The van der Waals surface area contributed by atoms with Crippen molar-refractivity contribution in [2.45, 2.75) is 38.4 Å². The summed E-state index contributed by atoms with van der Waals surface area (Å²) in [6.07, 6.45) is 3.80. The van der Waals surface area contributed by atoms with E-state index >= 15 is 0 Å². The molecule has 0 saturated heterocycles. The first-order valence-corrected chi connectivity index (χ1v) is 9.22. The lowest BCUT2D eigenvalue weighted by Gasteiger charge is -2.36. The summed E-state index contributed by atoms with van der Waals surface area (Å²) in [6.45, 7) is 2.60. The van der Waals surface area contributed by atoms with Gasteiger partial charge >= 0.3 is 0 Å². The van der Waals surface area contributed by atoms with Crippen LogP contribution in [0.25, 0.3) is 0 Å². The monoisotopic (exact) mass is 354 g/mol. The Kier molecular flexibility index (Phi) is 4.89. The number of hydrogen-bond donors (Lipinski definition) is 1. The maximum atomic E-state index is 13.7. The topological polar surface area (TPSA) is 41.6 Å². The lowest BCUT2D eigenvalue weighted by Crippen LogP contribution is -2.40. The molecule has 136 valence electrons. The maximum Gasteiger partial charge on any atom is 0.251 e. The summed E-state index contributed by atoms with van der Waals surface area (Å²) >= 11 is 0. The molecule has 0 radical (unpaired) electrons. The Morgan fingerprint density at radius 3 is 2.85 bits per heavy atom. The van der Waals surface area contributed by atoms with E-state index in [-0.39, 0.29) is 18.3 Å². The minimum absolute atomic E-state index is 0.174. The molecule has 4 nitrogen and oxygen atoms in total. The molecule has 2 aromatic carbocycles. The number of carbonyl (C=O) groups is 1. The van der Waals surface area contributed by atoms with E-state index in [1.807, 2.05) is 12.1 Å². The van der Waals surface area contributed by atoms with Gasteiger partial charge in [-0.15, -0.1) is 0 Å². The fourth-order valence-electron chi connectivity index (χ4n) is 3.54. The van der Waals surface area contributed by atoms with Crippen LogP contribution in [0, 0.1) is 5.82 Å². The third-order valence-electron chi connectivity index (χ3n) is 5.32. The number of amides is 1. The van der Waals surface area contributed by atoms with Crippen LogP contribution in [0.2, 0.25) is 0 Å². The molecule has 0 bridgehead atoms. The smallest absolute Gasteiger partial charge is 0.251 e. The summed E-state index contributed by atoms with van der Waals surface area (Å²) in [5.74, 6) is 0.354. The second-order valence-electron chi connectivity index (χ2n) is 7.00. The molecule has 2 aliphatic rings. The van der Waals surface area contributed by atoms with E-state index in [0.717, 1.165) is 24.4 Å². The van der Waals surface area contributed by atoms with Crippen LogP contribution in [0.4, 0.5) is 4.39 Å². The van der Waals surface area contributed by atoms with Crippen LogP contribution < -0.4 is 10.1 Å². The van der Waals surface area contributed by atoms with Gasteiger partial charge in [0.15, 0.2) is 0 Å². The molecule has 0 aromatic heterocycles. The molecular weight excluding hydrogens is 331 g/mol. The highest BCUT2D eigenvalue weighted by Gasteiger charge is 2.27. The lowest BCUT2D eigenvalue weighted by molar-refractivity contribution is 0.0950. The largest absolute Gasteiger partial charge is 0.492 e. The van der Waals surface area contributed by atoms with Crippen molar-refractivity contribution >= 4 is 5.91 Å². The maximum absolute atomic E-state index is 13.7. The van der Waals surface area contributed by atoms with Gasteiger partial charge in [0.05, 0.1) is 0 Å². The average Bonchev–Trinajstić information content (AvgIpc) is 2.80. The van der Waals surface area contributed by atoms with Crippen molar-refractivity contribution in [3.05, 3.63) is 65.0 Å². The van der Waals surface area contributed by atoms with Crippen LogP contribution >= 0.6 is 0 Å². The van der Waals surface area contributed by atoms with Crippen LogP contribution in [0.5, 0.6) is 5.75 Å². The van der Waals surface area contributed by atoms with E-state index in [2.05, 4.69) is 10.2 Å². The van der Waals surface area contributed by atoms with E-state index in [9.17, 15) is 9.18 Å². The number of ether oxygens (including phenoxy) is 1. The Hall–Kier alpha value is -2.40. The highest BCUT2D eigenvalue weighted by Crippen LogP contribution is 2.30. The molecule has 0 atom stereocenters. The van der Waals surface area contributed by atoms with Crippen molar-refractivity contribution in [2.75, 3.05) is 13.2 Å². The van der Waals surface area contributed by atoms with Crippen molar-refractivity contribution in [2.24, 2.45) is 0 Å². The first-order valence-electron chi connectivity index (χ1n) is 9.22. The van der Waals surface area contributed by atoms with E-state index in [4.69, 9.17) is 4.74 Å². The molecule has 0 unspecified atom stereocenters. The number of fused-ring (bicyclic) bond motifs is 1. The molecule has 4 rings (SSSR count). The number of benzene rings is 2. The first-order chi connectivity index (χ1) is 12.7. The van der Waals surface area contributed by atoms with Crippen molar-refractivity contribution in [1.82, 2.24) is 10.2 Å². The molecule has 26 heavy (non-hydrogen) atoms. The van der Waals surface area contributed by atoms with Crippen LogP contribution in [0.1, 0.15) is 40.7 Å². The van der Waals surface area contributed by atoms with Gasteiger partial charge in [0.1, 0.15) is 18.2 Å². The number of nitrogens with one attached hydrogen (secondary N) is 1. The highest BCUT2D eigenvalue weighted by atomic mass is 19.1. The van der Waals surface area contributed by atoms with Gasteiger partial charge in [0.25, 0.3) is 5.91 Å². The third-order valence-corrected chi connectivity index (χ3v) is 5.32. The number of hydrogen-bond acceptors (Lipinski definition) is 3. The minimum Gasteiger partial charge on any atom is -0.492 e. The molecule has 1 heterocycles. The van der Waals surface area contributed by atoms with E-state index in [1.54, 1.807) is 24.3 Å². The Morgan fingerprint density at radius 1 is 1.23 bits per heavy atom. The number of nitrogens with zero attached hydrogens (tertiary/aromatic N) is 1. The summed E-state index contributed by atoms with van der Waals surface area (Å²) < 4.78 is 19.6. The molecule has 1 aliphatic heterocycles. The van der Waals surface area contributed by atoms with Crippen LogP contribution in [0.3, 0.4) is 0 Å². The SMILES string of the molecule is O=C(NCc1ccccc1F)c1ccc2c(c1)CN(C1CCC1)CCO2. The minimum atomic E-state index is -0.306. The summed E-state index contributed by atoms with van der Waals surface area (Å²) in [7, 11) is 0. The fraction of sp³-hybridized carbons (Fsp3) is 0.381. The second-order valence-corrected chi connectivity index (χ2v) is 7.00. The molecular formula is C21H23FN2O2. The molecule has 5 heteroatoms. The van der Waals surface area contributed by atoms with Crippen LogP contribution in [-0.2, 0) is 13.1 Å². The number of carbonyl (C=O) groups excluding carboxylic acids is 1. The third kappa shape index (κ3) is 3.58. The Labute approximate surface area is 153 Å². The van der Waals surface area contributed by atoms with Gasteiger partial charge < -0.3 is 10.1 Å². The molecule has 1 amide bonds. The van der Waals surface area contributed by atoms with E-state index in [1.165, 1.54) is 25.3 Å². The van der Waals surface area contributed by atoms with Crippen molar-refractivity contribution in [1.29, 1.82) is 0 Å². The predicted octanol–water partition coefficient (Wildman–Crippen LogP) is 3.50. The highest BCUT2D eigenvalue weighted by molar-refractivity contribution is 5.94. The van der Waals surface area contributed by atoms with Gasteiger partial charge in [-0.3, -0.25) is 9.69 Å². The molecule has 0 spiro atoms. The van der Waals surface area contributed by atoms with Crippen LogP contribution in [-0.4, -0.2) is 30.0 Å². The molecule has 1 fully saturated rings. The van der Waals surface area contributed by atoms with Crippen molar-refractivity contribution < 1.29 is 13.9 Å². The average molecular weight is 354 g/mol. The molecule has 2 aromatic rings. The summed E-state index contributed by atoms with van der Waals surface area (Å²) in [4.78, 5) is 15.0. The van der Waals surface area contributed by atoms with Gasteiger partial charge in [0.2, 0.25) is 0 Å². The Balaban J connectivity index is 1.46. The second kappa shape index (κ2) is 7.46. The summed E-state index contributed by atoms with van der Waals surface area (Å²) in [5.41, 5.74) is 2.11. The van der Waals surface area contributed by atoms with Gasteiger partial charge in [-0.25, -0.2) is 4.39 Å². The zero-order valence-electron chi connectivity index (χ0n) is 14.7. The van der Waals surface area contributed by atoms with Crippen molar-refractivity contribution in [3.63, 3.8) is 0 Å². The zero-order chi connectivity index (χ0) is 17.9. The fourth-order valence-corrected chi connectivity index (χ4v) is 3.54. The van der Waals surface area contributed by atoms with Gasteiger partial charge in [-0.1, -0.05) is 24.6 Å². The first kappa shape index (κ1) is 17.0. The number of halogens is 1. The quantitative estimate of drug-likeness (QED) is 0.914. The summed E-state index contributed by atoms with van der Waals surface area (Å²) in [6, 6.07) is 12.7. The van der Waals surface area contributed by atoms with Crippen molar-refractivity contribution in [3.8, 4) is 5.75 Å². The lowest BCUT2D eigenvalue weighted by atomic mass is 9.91. The normalized spacial score (nSPS) is 17.6. The van der Waals surface area contributed by atoms with E-state index < -0.39 is 0 Å². The van der Waals surface area contributed by atoms with E-state index in [0.29, 0.717) is 23.8 Å².